The highest BCUT2D eigenvalue weighted by Gasteiger charge is 2.72. The number of carbonyl (C=O) groups excluding carboxylic acids is 2. The molecular formula is C36H59NO6. The number of hydrogen-bond donors (Lipinski definition) is 3. The number of ether oxygens (including phenoxy) is 2. The molecule has 0 heterocycles. The Morgan fingerprint density at radius 1 is 0.860 bits per heavy atom. The van der Waals surface area contributed by atoms with Crippen molar-refractivity contribution in [1.82, 2.24) is 0 Å². The van der Waals surface area contributed by atoms with Crippen LogP contribution in [0.5, 0.6) is 0 Å². The molecule has 0 spiro atoms. The van der Waals surface area contributed by atoms with E-state index >= 15 is 0 Å². The van der Waals surface area contributed by atoms with Gasteiger partial charge in [0.25, 0.3) is 0 Å². The molecule has 43 heavy (non-hydrogen) atoms. The van der Waals surface area contributed by atoms with Gasteiger partial charge in [-0.2, -0.15) is 0 Å². The van der Waals surface area contributed by atoms with Crippen molar-refractivity contribution in [2.45, 2.75) is 124 Å². The third kappa shape index (κ3) is 4.68. The van der Waals surface area contributed by atoms with Gasteiger partial charge in [0.15, 0.2) is 0 Å². The Balaban J connectivity index is 1.47. The van der Waals surface area contributed by atoms with Gasteiger partial charge >= 0.3 is 11.9 Å². The summed E-state index contributed by atoms with van der Waals surface area (Å²) in [6, 6.07) is 0. The van der Waals surface area contributed by atoms with Crippen LogP contribution in [-0.4, -0.2) is 53.6 Å². The number of allylic oxidation sites excluding steroid dienone is 1. The van der Waals surface area contributed by atoms with Crippen LogP contribution in [0.15, 0.2) is 12.2 Å². The monoisotopic (exact) mass is 601 g/mol. The fourth-order valence-electron chi connectivity index (χ4n) is 12.4. The molecule has 5 fully saturated rings. The van der Waals surface area contributed by atoms with Gasteiger partial charge in [-0.15, -0.1) is 0 Å². The Kier molecular flexibility index (Phi) is 8.30. The van der Waals surface area contributed by atoms with Crippen molar-refractivity contribution >= 4 is 11.9 Å². The van der Waals surface area contributed by atoms with Gasteiger partial charge in [-0.25, -0.2) is 0 Å². The zero-order valence-electron chi connectivity index (χ0n) is 28.0. The van der Waals surface area contributed by atoms with Gasteiger partial charge in [0.2, 0.25) is 0 Å². The number of carbonyl (C=O) groups is 2. The maximum atomic E-state index is 14.1. The van der Waals surface area contributed by atoms with Crippen LogP contribution >= 0.6 is 0 Å². The van der Waals surface area contributed by atoms with Crippen molar-refractivity contribution < 1.29 is 29.3 Å². The van der Waals surface area contributed by atoms with E-state index < -0.39 is 24.2 Å². The first-order chi connectivity index (χ1) is 20.0. The predicted molar refractivity (Wildman–Crippen MR) is 167 cm³/mol. The number of esters is 2. The van der Waals surface area contributed by atoms with Gasteiger partial charge < -0.3 is 25.4 Å². The zero-order valence-corrected chi connectivity index (χ0v) is 28.0. The third-order valence-electron chi connectivity index (χ3n) is 14.8. The average Bonchev–Trinajstić information content (AvgIpc) is 3.35. The summed E-state index contributed by atoms with van der Waals surface area (Å²) in [5, 5.41) is 19.4. The smallest absolute Gasteiger partial charge is 0.312 e. The van der Waals surface area contributed by atoms with E-state index in [0.29, 0.717) is 17.8 Å². The lowest BCUT2D eigenvalue weighted by atomic mass is 9.32. The summed E-state index contributed by atoms with van der Waals surface area (Å²) in [5.74, 6) is 1.54. The standard InChI is InChI=1S/C36H59NO6/c1-22(2)24-11-16-36(30(41)42-21-35(37,19-38)20-39)18-17-33(7)25(29(24)36)9-10-27-32(6)14-13-28(43-23(3)40)31(4,5)26(32)12-15-34(27,33)8/h24-29,38-39H,1,9-21,37H2,2-8H3/t24?,25?,26?,27?,28-,29?,32-,33+,34+,36-/m0/s1. The van der Waals surface area contributed by atoms with Crippen LogP contribution in [0, 0.1) is 56.7 Å². The molecule has 4 N–H and O–H groups in total. The number of hydrogen-bond acceptors (Lipinski definition) is 7. The normalized spacial score (nSPS) is 45.2. The number of rotatable bonds is 7. The molecule has 0 aromatic rings. The summed E-state index contributed by atoms with van der Waals surface area (Å²) < 4.78 is 11.8. The second kappa shape index (κ2) is 10.8. The molecule has 0 aromatic heterocycles. The first-order valence-electron chi connectivity index (χ1n) is 17.0. The molecule has 5 saturated carbocycles. The van der Waals surface area contributed by atoms with Crippen LogP contribution in [0.1, 0.15) is 113 Å². The van der Waals surface area contributed by atoms with Crippen LogP contribution in [0.25, 0.3) is 0 Å². The van der Waals surface area contributed by atoms with E-state index in [4.69, 9.17) is 15.2 Å². The lowest BCUT2D eigenvalue weighted by Crippen LogP contribution is -2.67. The molecule has 0 aliphatic heterocycles. The van der Waals surface area contributed by atoms with Gasteiger partial charge in [-0.3, -0.25) is 9.59 Å². The van der Waals surface area contributed by atoms with Crippen molar-refractivity contribution in [3.63, 3.8) is 0 Å². The highest BCUT2D eigenvalue weighted by atomic mass is 16.5. The van der Waals surface area contributed by atoms with E-state index in [1.807, 2.05) is 0 Å². The van der Waals surface area contributed by atoms with Gasteiger partial charge in [-0.1, -0.05) is 46.8 Å². The van der Waals surface area contributed by atoms with Crippen LogP contribution < -0.4 is 5.73 Å². The first-order valence-corrected chi connectivity index (χ1v) is 17.0. The lowest BCUT2D eigenvalue weighted by Gasteiger charge is -2.72. The van der Waals surface area contributed by atoms with Gasteiger partial charge in [0, 0.05) is 12.3 Å². The van der Waals surface area contributed by atoms with E-state index in [1.165, 1.54) is 6.92 Å². The largest absolute Gasteiger partial charge is 0.463 e. The minimum absolute atomic E-state index is 0.0283. The second-order valence-electron chi connectivity index (χ2n) is 17.1. The van der Waals surface area contributed by atoms with E-state index in [0.717, 1.165) is 69.8 Å². The van der Waals surface area contributed by atoms with Crippen molar-refractivity contribution in [1.29, 1.82) is 0 Å². The molecule has 244 valence electrons. The van der Waals surface area contributed by atoms with E-state index in [2.05, 4.69) is 48.1 Å². The van der Waals surface area contributed by atoms with Crippen LogP contribution in [0.4, 0.5) is 0 Å². The Morgan fingerprint density at radius 3 is 2.14 bits per heavy atom. The number of fused-ring (bicyclic) bond motifs is 7. The van der Waals surface area contributed by atoms with Crippen LogP contribution in [-0.2, 0) is 19.1 Å². The maximum Gasteiger partial charge on any atom is 0.312 e. The van der Waals surface area contributed by atoms with E-state index in [-0.39, 0.29) is 58.1 Å². The fourth-order valence-corrected chi connectivity index (χ4v) is 12.4. The SMILES string of the molecule is C=C(C)C1CC[C@]2(C(=O)OCC(N)(CO)CO)CC[C@]3(C)C(CCC4[C@@]5(C)CC[C@H](OC(C)=O)C(C)(C)C5CC[C@]43C)C12. The summed E-state index contributed by atoms with van der Waals surface area (Å²) in [4.78, 5) is 26.1. The van der Waals surface area contributed by atoms with E-state index in [1.54, 1.807) is 0 Å². The molecule has 7 nitrogen and oxygen atoms in total. The van der Waals surface area contributed by atoms with Crippen LogP contribution in [0.2, 0.25) is 0 Å². The molecule has 0 amide bonds. The molecule has 0 saturated heterocycles. The number of nitrogens with two attached hydrogens (primary N) is 1. The molecular weight excluding hydrogens is 542 g/mol. The molecule has 0 radical (unpaired) electrons. The summed E-state index contributed by atoms with van der Waals surface area (Å²) in [6.07, 6.45) is 10.1. The third-order valence-corrected chi connectivity index (χ3v) is 14.8. The summed E-state index contributed by atoms with van der Waals surface area (Å²) in [7, 11) is 0. The van der Waals surface area contributed by atoms with Crippen molar-refractivity contribution in [2.75, 3.05) is 19.8 Å². The van der Waals surface area contributed by atoms with Crippen molar-refractivity contribution in [2.24, 2.45) is 62.4 Å². The Bertz CT molecular complexity index is 1130. The lowest BCUT2D eigenvalue weighted by molar-refractivity contribution is -0.250. The predicted octanol–water partition coefficient (Wildman–Crippen LogP) is 5.80. The molecule has 5 aliphatic carbocycles. The Morgan fingerprint density at radius 2 is 1.53 bits per heavy atom. The molecule has 10 atom stereocenters. The van der Waals surface area contributed by atoms with Gasteiger partial charge in [-0.05, 0) is 117 Å². The average molecular weight is 602 g/mol. The Hall–Kier alpha value is -1.44. The van der Waals surface area contributed by atoms with Crippen molar-refractivity contribution in [3.05, 3.63) is 12.2 Å². The summed E-state index contributed by atoms with van der Waals surface area (Å²) >= 11 is 0. The Labute approximate surface area is 259 Å². The molecule has 5 aliphatic rings. The fraction of sp³-hybridized carbons (Fsp3) is 0.889. The quantitative estimate of drug-likeness (QED) is 0.249. The molecule has 0 bridgehead atoms. The highest BCUT2D eigenvalue weighted by Crippen LogP contribution is 2.77. The second-order valence-corrected chi connectivity index (χ2v) is 17.1. The van der Waals surface area contributed by atoms with Gasteiger partial charge in [0.05, 0.1) is 24.2 Å². The highest BCUT2D eigenvalue weighted by molar-refractivity contribution is 5.78. The molecule has 7 heteroatoms. The van der Waals surface area contributed by atoms with E-state index in [9.17, 15) is 19.8 Å². The molecule has 0 aromatic carbocycles. The number of aliphatic hydroxyl groups is 2. The van der Waals surface area contributed by atoms with Crippen LogP contribution in [0.3, 0.4) is 0 Å². The van der Waals surface area contributed by atoms with Crippen molar-refractivity contribution in [3.8, 4) is 0 Å². The summed E-state index contributed by atoms with van der Waals surface area (Å²) in [6.45, 7) is 19.4. The molecule has 5 unspecified atom stereocenters. The molecule has 5 rings (SSSR count). The first kappa shape index (κ1) is 32.9. The zero-order chi connectivity index (χ0) is 31.8. The number of aliphatic hydroxyl groups excluding tert-OH is 2. The minimum atomic E-state index is -1.33. The summed E-state index contributed by atoms with van der Waals surface area (Å²) in [5.41, 5.74) is 5.69. The van der Waals surface area contributed by atoms with Gasteiger partial charge in [0.1, 0.15) is 12.7 Å². The minimum Gasteiger partial charge on any atom is -0.463 e. The maximum absolute atomic E-state index is 14.1. The topological polar surface area (TPSA) is 119 Å².